The van der Waals surface area contributed by atoms with Gasteiger partial charge in [-0.3, -0.25) is 5.32 Å². The van der Waals surface area contributed by atoms with Crippen molar-refractivity contribution in [2.75, 3.05) is 23.3 Å². The van der Waals surface area contributed by atoms with Gasteiger partial charge in [-0.15, -0.1) is 5.10 Å². The Labute approximate surface area is 125 Å². The fraction of sp³-hybridized carbons (Fsp3) is 0.385. The molecule has 9 heteroatoms. The first-order valence-corrected chi connectivity index (χ1v) is 6.86. The Morgan fingerprint density at radius 1 is 1.50 bits per heavy atom. The number of amides is 2. The van der Waals surface area contributed by atoms with Crippen molar-refractivity contribution in [1.29, 1.82) is 0 Å². The highest BCUT2D eigenvalue weighted by molar-refractivity contribution is 5.88. The summed E-state index contributed by atoms with van der Waals surface area (Å²) in [6, 6.07) is 4.45. The predicted molar refractivity (Wildman–Crippen MR) is 76.2 cm³/mol. The first kappa shape index (κ1) is 14.2. The summed E-state index contributed by atoms with van der Waals surface area (Å²) in [7, 11) is 0. The summed E-state index contributed by atoms with van der Waals surface area (Å²) in [5.41, 5.74) is 0. The second-order valence-corrected chi connectivity index (χ2v) is 4.94. The SMILES string of the molecule is O=C(NC[C@@H]1C[C@H](F)CN1c1cccnn1)Nc1ccon1. The van der Waals surface area contributed by atoms with E-state index in [2.05, 4.69) is 30.5 Å². The van der Waals surface area contributed by atoms with Crippen LogP contribution in [0.15, 0.2) is 35.2 Å². The molecule has 2 atom stereocenters. The highest BCUT2D eigenvalue weighted by atomic mass is 19.1. The van der Waals surface area contributed by atoms with Gasteiger partial charge >= 0.3 is 6.03 Å². The molecule has 0 aliphatic carbocycles. The van der Waals surface area contributed by atoms with E-state index in [1.165, 1.54) is 12.3 Å². The molecule has 2 aromatic rings. The number of nitrogens with one attached hydrogen (secondary N) is 2. The Bertz CT molecular complexity index is 608. The van der Waals surface area contributed by atoms with Gasteiger partial charge in [-0.2, -0.15) is 5.10 Å². The molecule has 116 valence electrons. The lowest BCUT2D eigenvalue weighted by Crippen LogP contribution is -2.42. The molecule has 8 nitrogen and oxygen atoms in total. The van der Waals surface area contributed by atoms with Crippen molar-refractivity contribution in [1.82, 2.24) is 20.7 Å². The van der Waals surface area contributed by atoms with Crippen LogP contribution in [0, 0.1) is 0 Å². The van der Waals surface area contributed by atoms with E-state index in [-0.39, 0.29) is 12.6 Å². The minimum Gasteiger partial charge on any atom is -0.363 e. The summed E-state index contributed by atoms with van der Waals surface area (Å²) in [5.74, 6) is 0.921. The van der Waals surface area contributed by atoms with Crippen LogP contribution in [-0.2, 0) is 0 Å². The van der Waals surface area contributed by atoms with E-state index in [1.807, 2.05) is 4.90 Å². The number of rotatable bonds is 4. The lowest BCUT2D eigenvalue weighted by Gasteiger charge is -2.24. The van der Waals surface area contributed by atoms with E-state index < -0.39 is 12.2 Å². The number of urea groups is 1. The van der Waals surface area contributed by atoms with Crippen molar-refractivity contribution in [3.8, 4) is 0 Å². The van der Waals surface area contributed by atoms with Crippen LogP contribution < -0.4 is 15.5 Å². The van der Waals surface area contributed by atoms with Gasteiger partial charge in [-0.1, -0.05) is 5.16 Å². The minimum absolute atomic E-state index is 0.172. The highest BCUT2D eigenvalue weighted by Gasteiger charge is 2.33. The van der Waals surface area contributed by atoms with E-state index >= 15 is 0 Å². The average molecular weight is 306 g/mol. The Kier molecular flexibility index (Phi) is 4.12. The Morgan fingerprint density at radius 3 is 3.14 bits per heavy atom. The van der Waals surface area contributed by atoms with E-state index in [0.29, 0.717) is 24.6 Å². The number of anilines is 2. The summed E-state index contributed by atoms with van der Waals surface area (Å²) in [5, 5.41) is 16.6. The van der Waals surface area contributed by atoms with E-state index in [0.717, 1.165) is 0 Å². The lowest BCUT2D eigenvalue weighted by atomic mass is 10.2. The normalized spacial score (nSPS) is 20.9. The van der Waals surface area contributed by atoms with Gasteiger partial charge in [0, 0.05) is 25.2 Å². The number of hydrogen-bond donors (Lipinski definition) is 2. The third kappa shape index (κ3) is 3.30. The number of carbonyl (C=O) groups excluding carboxylic acids is 1. The van der Waals surface area contributed by atoms with Crippen molar-refractivity contribution < 1.29 is 13.7 Å². The van der Waals surface area contributed by atoms with Crippen molar-refractivity contribution in [2.45, 2.75) is 18.6 Å². The molecule has 3 rings (SSSR count). The molecule has 3 heterocycles. The maximum atomic E-state index is 13.7. The molecule has 1 aliphatic rings. The van der Waals surface area contributed by atoms with Crippen LogP contribution in [0.5, 0.6) is 0 Å². The van der Waals surface area contributed by atoms with Crippen molar-refractivity contribution in [3.05, 3.63) is 30.7 Å². The van der Waals surface area contributed by atoms with Gasteiger partial charge in [-0.05, 0) is 12.1 Å². The summed E-state index contributed by atoms with van der Waals surface area (Å²) in [4.78, 5) is 13.6. The molecule has 0 aromatic carbocycles. The molecular weight excluding hydrogens is 291 g/mol. The number of nitrogens with zero attached hydrogens (tertiary/aromatic N) is 4. The largest absolute Gasteiger partial charge is 0.363 e. The van der Waals surface area contributed by atoms with Gasteiger partial charge in [0.05, 0.1) is 12.6 Å². The first-order valence-electron chi connectivity index (χ1n) is 6.86. The fourth-order valence-electron chi connectivity index (χ4n) is 2.43. The molecule has 1 fully saturated rings. The molecule has 1 saturated heterocycles. The minimum atomic E-state index is -0.951. The molecule has 0 radical (unpaired) electrons. The van der Waals surface area contributed by atoms with Gasteiger partial charge < -0.3 is 14.7 Å². The Balaban J connectivity index is 1.57. The number of alkyl halides is 1. The predicted octanol–water partition coefficient (Wildman–Crippen LogP) is 1.20. The fourth-order valence-corrected chi connectivity index (χ4v) is 2.43. The van der Waals surface area contributed by atoms with Crippen LogP contribution in [0.1, 0.15) is 6.42 Å². The summed E-state index contributed by atoms with van der Waals surface area (Å²) >= 11 is 0. The van der Waals surface area contributed by atoms with Crippen molar-refractivity contribution in [2.24, 2.45) is 0 Å². The zero-order chi connectivity index (χ0) is 15.4. The monoisotopic (exact) mass is 306 g/mol. The topological polar surface area (TPSA) is 96.2 Å². The number of carbonyl (C=O) groups is 1. The second kappa shape index (κ2) is 6.37. The molecule has 0 bridgehead atoms. The zero-order valence-electron chi connectivity index (χ0n) is 11.6. The van der Waals surface area contributed by atoms with Crippen LogP contribution in [0.3, 0.4) is 0 Å². The van der Waals surface area contributed by atoms with E-state index in [4.69, 9.17) is 0 Å². The third-order valence-electron chi connectivity index (χ3n) is 3.39. The summed E-state index contributed by atoms with van der Waals surface area (Å²) < 4.78 is 18.3. The third-order valence-corrected chi connectivity index (χ3v) is 3.39. The van der Waals surface area contributed by atoms with E-state index in [1.54, 1.807) is 18.3 Å². The van der Waals surface area contributed by atoms with Gasteiger partial charge in [0.2, 0.25) is 0 Å². The maximum Gasteiger partial charge on any atom is 0.320 e. The zero-order valence-corrected chi connectivity index (χ0v) is 11.6. The van der Waals surface area contributed by atoms with Crippen molar-refractivity contribution >= 4 is 17.7 Å². The Hall–Kier alpha value is -2.71. The standard InChI is InChI=1S/C13H15FN6O2/c14-9-6-10(20(8-9)12-2-1-4-16-18-12)7-15-13(21)17-11-3-5-22-19-11/h1-5,9-10H,6-8H2,(H2,15,17,19,21)/t9-,10-/m0/s1. The average Bonchev–Trinajstić information content (AvgIpc) is 3.15. The van der Waals surface area contributed by atoms with Gasteiger partial charge in [0.1, 0.15) is 12.4 Å². The molecule has 0 unspecified atom stereocenters. The molecule has 2 aromatic heterocycles. The van der Waals surface area contributed by atoms with E-state index in [9.17, 15) is 9.18 Å². The van der Waals surface area contributed by atoms with Crippen LogP contribution in [-0.4, -0.2) is 46.7 Å². The highest BCUT2D eigenvalue weighted by Crippen LogP contribution is 2.24. The summed E-state index contributed by atoms with van der Waals surface area (Å²) in [6.07, 6.45) is 2.30. The molecule has 2 amide bonds. The van der Waals surface area contributed by atoms with Crippen LogP contribution >= 0.6 is 0 Å². The Morgan fingerprint density at radius 2 is 2.41 bits per heavy atom. The van der Waals surface area contributed by atoms with Crippen LogP contribution in [0.4, 0.5) is 20.8 Å². The number of aromatic nitrogens is 3. The smallest absolute Gasteiger partial charge is 0.320 e. The first-order chi connectivity index (χ1) is 10.7. The lowest BCUT2D eigenvalue weighted by molar-refractivity contribution is 0.251. The van der Waals surface area contributed by atoms with Crippen LogP contribution in [0.25, 0.3) is 0 Å². The molecule has 22 heavy (non-hydrogen) atoms. The van der Waals surface area contributed by atoms with Gasteiger partial charge in [-0.25, -0.2) is 9.18 Å². The quantitative estimate of drug-likeness (QED) is 0.881. The summed E-state index contributed by atoms with van der Waals surface area (Å²) in [6.45, 7) is 0.538. The molecule has 0 spiro atoms. The molecule has 0 saturated carbocycles. The van der Waals surface area contributed by atoms with Crippen molar-refractivity contribution in [3.63, 3.8) is 0 Å². The molecule has 1 aliphatic heterocycles. The number of hydrogen-bond acceptors (Lipinski definition) is 6. The van der Waals surface area contributed by atoms with Crippen LogP contribution in [0.2, 0.25) is 0 Å². The molecule has 2 N–H and O–H groups in total. The second-order valence-electron chi connectivity index (χ2n) is 4.94. The molecular formula is C13H15FN6O2. The van der Waals surface area contributed by atoms with Gasteiger partial charge in [0.15, 0.2) is 11.6 Å². The maximum absolute atomic E-state index is 13.7. The van der Waals surface area contributed by atoms with Gasteiger partial charge in [0.25, 0.3) is 0 Å². The number of halogens is 1.